The summed E-state index contributed by atoms with van der Waals surface area (Å²) in [6, 6.07) is 1.28. The number of unbranched alkanes of at least 4 members (excludes halogenated alkanes) is 1. The fourth-order valence-electron chi connectivity index (χ4n) is 2.92. The van der Waals surface area contributed by atoms with Gasteiger partial charge in [0.15, 0.2) is 8.32 Å². The number of rotatable bonds is 8. The first kappa shape index (κ1) is 23.6. The van der Waals surface area contributed by atoms with Crippen molar-refractivity contribution in [1.29, 1.82) is 0 Å². The number of carbonyl (C=O) groups excluding carboxylic acids is 1. The molecule has 1 aliphatic heterocycles. The van der Waals surface area contributed by atoms with Crippen LogP contribution in [0.15, 0.2) is 21.9 Å². The highest BCUT2D eigenvalue weighted by atomic mass is 28.4. The van der Waals surface area contributed by atoms with E-state index in [1.54, 1.807) is 0 Å². The fourth-order valence-corrected chi connectivity index (χ4v) is 4.28. The molecule has 2 heterocycles. The molecule has 0 aromatic carbocycles. The Bertz CT molecular complexity index is 810. The number of carbonyl (C=O) groups is 1. The first-order valence-corrected chi connectivity index (χ1v) is 13.2. The second-order valence-electron chi connectivity index (χ2n) is 9.09. The molecule has 1 fully saturated rings. The van der Waals surface area contributed by atoms with Gasteiger partial charge < -0.3 is 13.9 Å². The standard InChI is InChI=1S/C20H34N2O6Si/c1-7-8-9-18(24)26-13-15-14(28-29(5,6)20(2,3)4)12-17(27-15)22-11-10-16(23)21-19(22)25/h10-11,14-15,17H,7-9,12-13H2,1-6H3,(H,21,23,25)/t14?,15-,17-/m1/s1. The zero-order chi connectivity index (χ0) is 21.8. The first-order chi connectivity index (χ1) is 13.4. The van der Waals surface area contributed by atoms with Gasteiger partial charge in [-0.25, -0.2) is 4.79 Å². The van der Waals surface area contributed by atoms with Gasteiger partial charge in [-0.1, -0.05) is 34.1 Å². The van der Waals surface area contributed by atoms with E-state index in [9.17, 15) is 14.4 Å². The minimum Gasteiger partial charge on any atom is -0.463 e. The number of esters is 1. The van der Waals surface area contributed by atoms with E-state index in [1.807, 2.05) is 6.92 Å². The maximum absolute atomic E-state index is 12.2. The summed E-state index contributed by atoms with van der Waals surface area (Å²) in [4.78, 5) is 37.7. The molecule has 1 N–H and O–H groups in total. The molecule has 1 aliphatic rings. The predicted molar refractivity (Wildman–Crippen MR) is 112 cm³/mol. The summed E-state index contributed by atoms with van der Waals surface area (Å²) >= 11 is 0. The van der Waals surface area contributed by atoms with Crippen LogP contribution in [0.2, 0.25) is 18.1 Å². The minimum atomic E-state index is -2.11. The van der Waals surface area contributed by atoms with Gasteiger partial charge >= 0.3 is 11.7 Å². The number of nitrogens with one attached hydrogen (secondary N) is 1. The predicted octanol–water partition coefficient (Wildman–Crippen LogP) is 2.95. The van der Waals surface area contributed by atoms with Gasteiger partial charge in [0.1, 0.15) is 18.9 Å². The lowest BCUT2D eigenvalue weighted by molar-refractivity contribution is -0.150. The van der Waals surface area contributed by atoms with E-state index in [0.717, 1.165) is 12.8 Å². The van der Waals surface area contributed by atoms with Crippen LogP contribution in [0.25, 0.3) is 0 Å². The number of hydrogen-bond acceptors (Lipinski definition) is 6. The van der Waals surface area contributed by atoms with Crippen molar-refractivity contribution in [2.24, 2.45) is 0 Å². The van der Waals surface area contributed by atoms with E-state index in [0.29, 0.717) is 12.8 Å². The van der Waals surface area contributed by atoms with Crippen molar-refractivity contribution in [3.05, 3.63) is 33.1 Å². The van der Waals surface area contributed by atoms with E-state index in [1.165, 1.54) is 16.8 Å². The summed E-state index contributed by atoms with van der Waals surface area (Å²) < 4.78 is 19.4. The third-order valence-corrected chi connectivity index (χ3v) is 10.2. The minimum absolute atomic E-state index is 0.00224. The Hall–Kier alpha value is -1.71. The molecule has 9 heteroatoms. The average molecular weight is 427 g/mol. The molecule has 0 radical (unpaired) electrons. The lowest BCUT2D eigenvalue weighted by atomic mass is 10.2. The van der Waals surface area contributed by atoms with Gasteiger partial charge in [0.05, 0.1) is 6.10 Å². The third kappa shape index (κ3) is 6.13. The molecule has 0 saturated carbocycles. The molecule has 0 spiro atoms. The van der Waals surface area contributed by atoms with Gasteiger partial charge in [-0.2, -0.15) is 0 Å². The van der Waals surface area contributed by atoms with E-state index < -0.39 is 31.9 Å². The molecule has 8 nitrogen and oxygen atoms in total. The van der Waals surface area contributed by atoms with Crippen LogP contribution in [-0.4, -0.2) is 42.7 Å². The van der Waals surface area contributed by atoms with E-state index in [2.05, 4.69) is 38.8 Å². The van der Waals surface area contributed by atoms with Gasteiger partial charge in [0.2, 0.25) is 0 Å². The van der Waals surface area contributed by atoms with Gasteiger partial charge in [0.25, 0.3) is 5.56 Å². The molecular weight excluding hydrogens is 392 g/mol. The van der Waals surface area contributed by atoms with E-state index >= 15 is 0 Å². The topological polar surface area (TPSA) is 99.6 Å². The largest absolute Gasteiger partial charge is 0.463 e. The normalized spacial score (nSPS) is 22.6. The maximum Gasteiger partial charge on any atom is 0.330 e. The Morgan fingerprint density at radius 3 is 2.62 bits per heavy atom. The third-order valence-electron chi connectivity index (χ3n) is 5.74. The average Bonchev–Trinajstić information content (AvgIpc) is 2.98. The van der Waals surface area contributed by atoms with Crippen molar-refractivity contribution < 1.29 is 18.7 Å². The summed E-state index contributed by atoms with van der Waals surface area (Å²) in [5, 5.41) is 0.00224. The number of ether oxygens (including phenoxy) is 2. The van der Waals surface area contributed by atoms with Crippen molar-refractivity contribution in [3.63, 3.8) is 0 Å². The second-order valence-corrected chi connectivity index (χ2v) is 13.8. The van der Waals surface area contributed by atoms with Crippen molar-refractivity contribution >= 4 is 14.3 Å². The van der Waals surface area contributed by atoms with E-state index in [4.69, 9.17) is 13.9 Å². The fraction of sp³-hybridized carbons (Fsp3) is 0.750. The maximum atomic E-state index is 12.2. The van der Waals surface area contributed by atoms with Crippen molar-refractivity contribution in [2.75, 3.05) is 6.61 Å². The lowest BCUT2D eigenvalue weighted by Gasteiger charge is -2.39. The number of H-pyrrole nitrogens is 1. The number of nitrogens with zero attached hydrogens (tertiary/aromatic N) is 1. The molecule has 0 amide bonds. The molecule has 2 rings (SSSR count). The Labute approximate surface area is 172 Å². The summed E-state index contributed by atoms with van der Waals surface area (Å²) in [6.45, 7) is 12.9. The number of hydrogen-bond donors (Lipinski definition) is 1. The number of aromatic amines is 1. The first-order valence-electron chi connectivity index (χ1n) is 10.2. The molecular formula is C20H34N2O6Si. The van der Waals surface area contributed by atoms with Gasteiger partial charge in [-0.05, 0) is 24.6 Å². The van der Waals surface area contributed by atoms with Gasteiger partial charge in [0, 0.05) is 25.1 Å². The number of aromatic nitrogens is 2. The summed E-state index contributed by atoms with van der Waals surface area (Å²) in [5.41, 5.74) is -0.992. The highest BCUT2D eigenvalue weighted by molar-refractivity contribution is 6.74. The molecule has 1 aromatic heterocycles. The molecule has 3 atom stereocenters. The van der Waals surface area contributed by atoms with Crippen LogP contribution in [0.4, 0.5) is 0 Å². The van der Waals surface area contributed by atoms with Crippen LogP contribution in [-0.2, 0) is 18.7 Å². The quantitative estimate of drug-likeness (QED) is 0.507. The zero-order valence-corrected chi connectivity index (χ0v) is 19.3. The van der Waals surface area contributed by atoms with Crippen LogP contribution in [0.5, 0.6) is 0 Å². The van der Waals surface area contributed by atoms with Crippen LogP contribution in [0.1, 0.15) is 59.6 Å². The van der Waals surface area contributed by atoms with Crippen LogP contribution < -0.4 is 11.2 Å². The Balaban J connectivity index is 2.18. The SMILES string of the molecule is CCCCC(=O)OC[C@H]1O[C@@H](n2ccc(=O)[nH]c2=O)CC1O[Si](C)(C)C(C)(C)C. The Morgan fingerprint density at radius 2 is 2.03 bits per heavy atom. The smallest absolute Gasteiger partial charge is 0.330 e. The summed E-state index contributed by atoms with van der Waals surface area (Å²) in [6.07, 6.45) is 2.57. The highest BCUT2D eigenvalue weighted by Crippen LogP contribution is 2.40. The monoisotopic (exact) mass is 426 g/mol. The highest BCUT2D eigenvalue weighted by Gasteiger charge is 2.45. The molecule has 1 saturated heterocycles. The van der Waals surface area contributed by atoms with Crippen LogP contribution in [0, 0.1) is 0 Å². The van der Waals surface area contributed by atoms with Crippen LogP contribution in [0.3, 0.4) is 0 Å². The molecule has 0 bridgehead atoms. The summed E-state index contributed by atoms with van der Waals surface area (Å²) in [5.74, 6) is -0.258. The van der Waals surface area contributed by atoms with Gasteiger partial charge in [-0.3, -0.25) is 19.1 Å². The molecule has 0 aliphatic carbocycles. The van der Waals surface area contributed by atoms with Gasteiger partial charge in [-0.15, -0.1) is 0 Å². The van der Waals surface area contributed by atoms with Crippen molar-refractivity contribution in [1.82, 2.24) is 9.55 Å². The second kappa shape index (κ2) is 9.40. The molecule has 1 aromatic rings. The van der Waals surface area contributed by atoms with Crippen LogP contribution >= 0.6 is 0 Å². The Morgan fingerprint density at radius 1 is 1.34 bits per heavy atom. The van der Waals surface area contributed by atoms with Crippen molar-refractivity contribution in [3.8, 4) is 0 Å². The molecule has 164 valence electrons. The summed E-state index contributed by atoms with van der Waals surface area (Å²) in [7, 11) is -2.11. The lowest BCUT2D eigenvalue weighted by Crippen LogP contribution is -2.46. The van der Waals surface area contributed by atoms with Crippen molar-refractivity contribution in [2.45, 2.75) is 89.9 Å². The molecule has 29 heavy (non-hydrogen) atoms. The molecule has 1 unspecified atom stereocenters. The van der Waals surface area contributed by atoms with E-state index in [-0.39, 0.29) is 23.7 Å². The Kier molecular flexibility index (Phi) is 7.64. The zero-order valence-electron chi connectivity index (χ0n) is 18.3.